The minimum Gasteiger partial charge on any atom is -0.362 e. The van der Waals surface area contributed by atoms with Crippen molar-refractivity contribution in [3.8, 4) is 0 Å². The first-order valence-corrected chi connectivity index (χ1v) is 4.10. The highest BCUT2D eigenvalue weighted by atomic mass is 16.5. The van der Waals surface area contributed by atoms with Crippen molar-refractivity contribution in [3.63, 3.8) is 0 Å². The molecule has 1 rings (SSSR count). The standard InChI is InChI=1S/C11H12O2/c1-2-11(8-12)13-9-10-6-4-3-5-7-10/h2-8,11H,1,9H2/t11-/m0/s1. The molecule has 0 aliphatic heterocycles. The quantitative estimate of drug-likeness (QED) is 0.506. The molecule has 0 radical (unpaired) electrons. The Hall–Kier alpha value is -1.41. The maximum Gasteiger partial charge on any atom is 0.152 e. The molecule has 1 aromatic carbocycles. The molecule has 0 aromatic heterocycles. The average Bonchev–Trinajstić information content (AvgIpc) is 2.21. The van der Waals surface area contributed by atoms with Gasteiger partial charge in [-0.2, -0.15) is 0 Å². The van der Waals surface area contributed by atoms with E-state index < -0.39 is 6.10 Å². The Morgan fingerprint density at radius 3 is 2.62 bits per heavy atom. The molecule has 13 heavy (non-hydrogen) atoms. The highest BCUT2D eigenvalue weighted by molar-refractivity contribution is 5.58. The van der Waals surface area contributed by atoms with Gasteiger partial charge in [-0.15, -0.1) is 6.58 Å². The van der Waals surface area contributed by atoms with Crippen molar-refractivity contribution in [1.29, 1.82) is 0 Å². The Kier molecular flexibility index (Phi) is 3.93. The van der Waals surface area contributed by atoms with Crippen LogP contribution in [0, 0.1) is 0 Å². The third kappa shape index (κ3) is 3.22. The molecule has 0 aliphatic rings. The summed E-state index contributed by atoms with van der Waals surface area (Å²) in [5.41, 5.74) is 1.05. The van der Waals surface area contributed by atoms with Crippen molar-refractivity contribution < 1.29 is 9.53 Å². The number of hydrogen-bond donors (Lipinski definition) is 0. The fraction of sp³-hybridized carbons (Fsp3) is 0.182. The van der Waals surface area contributed by atoms with E-state index >= 15 is 0 Å². The zero-order chi connectivity index (χ0) is 9.52. The largest absolute Gasteiger partial charge is 0.362 e. The molecule has 2 nitrogen and oxygen atoms in total. The van der Waals surface area contributed by atoms with Crippen molar-refractivity contribution in [2.75, 3.05) is 0 Å². The molecular weight excluding hydrogens is 164 g/mol. The molecular formula is C11H12O2. The van der Waals surface area contributed by atoms with Gasteiger partial charge in [0.15, 0.2) is 6.29 Å². The van der Waals surface area contributed by atoms with E-state index in [0.717, 1.165) is 11.8 Å². The van der Waals surface area contributed by atoms with Crippen molar-refractivity contribution in [3.05, 3.63) is 48.6 Å². The minimum atomic E-state index is -0.500. The van der Waals surface area contributed by atoms with Crippen LogP contribution >= 0.6 is 0 Å². The molecule has 2 heteroatoms. The summed E-state index contributed by atoms with van der Waals surface area (Å²) in [6.45, 7) is 3.93. The van der Waals surface area contributed by atoms with Crippen molar-refractivity contribution in [1.82, 2.24) is 0 Å². The van der Waals surface area contributed by atoms with Gasteiger partial charge in [0.05, 0.1) is 6.61 Å². The van der Waals surface area contributed by atoms with Crippen LogP contribution in [-0.2, 0) is 16.1 Å². The highest BCUT2D eigenvalue weighted by Gasteiger charge is 2.00. The lowest BCUT2D eigenvalue weighted by Crippen LogP contribution is -2.10. The Morgan fingerprint density at radius 1 is 1.38 bits per heavy atom. The van der Waals surface area contributed by atoms with Gasteiger partial charge < -0.3 is 9.53 Å². The van der Waals surface area contributed by atoms with Crippen LogP contribution in [0.1, 0.15) is 5.56 Å². The second-order valence-electron chi connectivity index (χ2n) is 2.63. The van der Waals surface area contributed by atoms with Crippen LogP contribution in [0.4, 0.5) is 0 Å². The number of hydrogen-bond acceptors (Lipinski definition) is 2. The molecule has 0 N–H and O–H groups in total. The van der Waals surface area contributed by atoms with E-state index in [4.69, 9.17) is 4.74 Å². The Morgan fingerprint density at radius 2 is 2.08 bits per heavy atom. The van der Waals surface area contributed by atoms with Gasteiger partial charge in [0.1, 0.15) is 6.10 Å². The zero-order valence-corrected chi connectivity index (χ0v) is 7.35. The molecule has 68 valence electrons. The minimum absolute atomic E-state index is 0.441. The van der Waals surface area contributed by atoms with Gasteiger partial charge >= 0.3 is 0 Å². The lowest BCUT2D eigenvalue weighted by Gasteiger charge is -2.06. The summed E-state index contributed by atoms with van der Waals surface area (Å²) in [6, 6.07) is 9.70. The van der Waals surface area contributed by atoms with E-state index in [1.54, 1.807) is 0 Å². The van der Waals surface area contributed by atoms with Crippen LogP contribution in [0.5, 0.6) is 0 Å². The number of rotatable bonds is 5. The van der Waals surface area contributed by atoms with Gasteiger partial charge in [-0.25, -0.2) is 0 Å². The normalized spacial score (nSPS) is 12.0. The summed E-state index contributed by atoms with van der Waals surface area (Å²) in [7, 11) is 0. The second-order valence-corrected chi connectivity index (χ2v) is 2.63. The Balaban J connectivity index is 2.42. The zero-order valence-electron chi connectivity index (χ0n) is 7.35. The summed E-state index contributed by atoms with van der Waals surface area (Å²) in [5, 5.41) is 0. The van der Waals surface area contributed by atoms with Crippen LogP contribution < -0.4 is 0 Å². The van der Waals surface area contributed by atoms with E-state index in [-0.39, 0.29) is 0 Å². The first kappa shape index (κ1) is 9.68. The molecule has 0 saturated heterocycles. The van der Waals surface area contributed by atoms with Gasteiger partial charge in [-0.05, 0) is 5.56 Å². The maximum absolute atomic E-state index is 10.4. The summed E-state index contributed by atoms with van der Waals surface area (Å²) in [6.07, 6.45) is 1.71. The molecule has 0 saturated carbocycles. The van der Waals surface area contributed by atoms with Crippen LogP contribution in [-0.4, -0.2) is 12.4 Å². The van der Waals surface area contributed by atoms with E-state index in [1.165, 1.54) is 6.08 Å². The molecule has 0 aliphatic carbocycles. The fourth-order valence-corrected chi connectivity index (χ4v) is 0.930. The first-order valence-electron chi connectivity index (χ1n) is 4.10. The fourth-order valence-electron chi connectivity index (χ4n) is 0.930. The molecule has 0 fully saturated rings. The van der Waals surface area contributed by atoms with Crippen LogP contribution in [0.2, 0.25) is 0 Å². The number of benzene rings is 1. The molecule has 1 atom stereocenters. The third-order valence-corrected chi connectivity index (χ3v) is 1.65. The smallest absolute Gasteiger partial charge is 0.152 e. The summed E-state index contributed by atoms with van der Waals surface area (Å²) < 4.78 is 5.24. The molecule has 0 amide bonds. The van der Waals surface area contributed by atoms with E-state index in [9.17, 15) is 4.79 Å². The Bertz CT molecular complexity index is 259. The van der Waals surface area contributed by atoms with E-state index in [2.05, 4.69) is 6.58 Å². The lowest BCUT2D eigenvalue weighted by atomic mass is 10.2. The Labute approximate surface area is 77.8 Å². The third-order valence-electron chi connectivity index (χ3n) is 1.65. The van der Waals surface area contributed by atoms with Crippen LogP contribution in [0.15, 0.2) is 43.0 Å². The van der Waals surface area contributed by atoms with E-state index in [0.29, 0.717) is 6.61 Å². The number of carbonyl (C=O) groups excluding carboxylic acids is 1. The maximum atomic E-state index is 10.4. The van der Waals surface area contributed by atoms with Gasteiger partial charge in [0, 0.05) is 0 Å². The predicted octanol–water partition coefficient (Wildman–Crippen LogP) is 1.96. The molecule has 0 heterocycles. The topological polar surface area (TPSA) is 26.3 Å². The molecule has 0 unspecified atom stereocenters. The second kappa shape index (κ2) is 5.27. The SMILES string of the molecule is C=C[C@@H](C=O)OCc1ccccc1. The van der Waals surface area contributed by atoms with Gasteiger partial charge in [0.2, 0.25) is 0 Å². The number of aldehydes is 1. The first-order chi connectivity index (χ1) is 6.36. The molecule has 0 spiro atoms. The van der Waals surface area contributed by atoms with Gasteiger partial charge in [-0.1, -0.05) is 36.4 Å². The van der Waals surface area contributed by atoms with Crippen molar-refractivity contribution in [2.45, 2.75) is 12.7 Å². The number of ether oxygens (including phenoxy) is 1. The van der Waals surface area contributed by atoms with Crippen molar-refractivity contribution in [2.24, 2.45) is 0 Å². The van der Waals surface area contributed by atoms with Crippen LogP contribution in [0.25, 0.3) is 0 Å². The average molecular weight is 176 g/mol. The van der Waals surface area contributed by atoms with E-state index in [1.807, 2.05) is 30.3 Å². The lowest BCUT2D eigenvalue weighted by molar-refractivity contribution is -0.116. The molecule has 1 aromatic rings. The molecule has 0 bridgehead atoms. The predicted molar refractivity (Wildman–Crippen MR) is 51.3 cm³/mol. The summed E-state index contributed by atoms with van der Waals surface area (Å²) in [4.78, 5) is 10.4. The monoisotopic (exact) mass is 176 g/mol. The number of carbonyl (C=O) groups is 1. The van der Waals surface area contributed by atoms with Crippen molar-refractivity contribution >= 4 is 6.29 Å². The summed E-state index contributed by atoms with van der Waals surface area (Å²) in [5.74, 6) is 0. The summed E-state index contributed by atoms with van der Waals surface area (Å²) >= 11 is 0. The van der Waals surface area contributed by atoms with Crippen LogP contribution in [0.3, 0.4) is 0 Å². The van der Waals surface area contributed by atoms with Gasteiger partial charge in [0.25, 0.3) is 0 Å². The highest BCUT2D eigenvalue weighted by Crippen LogP contribution is 2.02. The van der Waals surface area contributed by atoms with Gasteiger partial charge in [-0.3, -0.25) is 0 Å².